The molecule has 0 unspecified atom stereocenters. The first-order chi connectivity index (χ1) is 15.2. The number of hydrogen-bond donors (Lipinski definition) is 2. The molecular formula is C23H20N4O3S. The van der Waals surface area contributed by atoms with Gasteiger partial charge >= 0.3 is 0 Å². The van der Waals surface area contributed by atoms with Crippen molar-refractivity contribution in [3.63, 3.8) is 0 Å². The van der Waals surface area contributed by atoms with Crippen molar-refractivity contribution in [1.29, 1.82) is 0 Å². The van der Waals surface area contributed by atoms with E-state index in [4.69, 9.17) is 14.5 Å². The van der Waals surface area contributed by atoms with Crippen LogP contribution < -0.4 is 15.0 Å². The minimum Gasteiger partial charge on any atom is -0.454 e. The lowest BCUT2D eigenvalue weighted by atomic mass is 10.0. The zero-order chi connectivity index (χ0) is 21.2. The normalized spacial score (nSPS) is 12.3. The highest BCUT2D eigenvalue weighted by molar-refractivity contribution is 7.98. The van der Waals surface area contributed by atoms with Crippen LogP contribution in [0.5, 0.6) is 11.5 Å². The molecule has 0 atom stereocenters. The summed E-state index contributed by atoms with van der Waals surface area (Å²) >= 11 is 1.46. The van der Waals surface area contributed by atoms with Crippen LogP contribution in [0.3, 0.4) is 0 Å². The SMILES string of the molecule is CCc1c(-c2ccc3c(c2)OCO3)nc(SCc2cc(-c3ccccc3)n[nH]2)[nH]c1=O. The van der Waals surface area contributed by atoms with Gasteiger partial charge in [-0.25, -0.2) is 4.98 Å². The van der Waals surface area contributed by atoms with Gasteiger partial charge in [-0.2, -0.15) is 5.10 Å². The molecule has 2 N–H and O–H groups in total. The molecule has 0 saturated carbocycles. The molecule has 1 aliphatic rings. The molecule has 3 heterocycles. The minimum atomic E-state index is -0.123. The van der Waals surface area contributed by atoms with Gasteiger partial charge in [0.15, 0.2) is 16.7 Å². The Morgan fingerprint density at radius 1 is 1.03 bits per heavy atom. The summed E-state index contributed by atoms with van der Waals surface area (Å²) in [5.74, 6) is 1.98. The molecule has 2 aromatic heterocycles. The van der Waals surface area contributed by atoms with Gasteiger partial charge in [-0.1, -0.05) is 49.0 Å². The maximum absolute atomic E-state index is 12.7. The summed E-state index contributed by atoms with van der Waals surface area (Å²) in [5, 5.41) is 8.01. The van der Waals surface area contributed by atoms with Crippen molar-refractivity contribution in [3.8, 4) is 34.0 Å². The zero-order valence-corrected chi connectivity index (χ0v) is 17.7. The fraction of sp³-hybridized carbons (Fsp3) is 0.174. The number of aromatic nitrogens is 4. The number of fused-ring (bicyclic) bond motifs is 1. The number of thioether (sulfide) groups is 1. The van der Waals surface area contributed by atoms with Crippen molar-refractivity contribution < 1.29 is 9.47 Å². The van der Waals surface area contributed by atoms with Gasteiger partial charge in [0.2, 0.25) is 6.79 Å². The second kappa shape index (κ2) is 8.31. The van der Waals surface area contributed by atoms with E-state index < -0.39 is 0 Å². The van der Waals surface area contributed by atoms with E-state index in [0.717, 1.165) is 22.5 Å². The molecule has 0 saturated heterocycles. The molecule has 4 aromatic rings. The van der Waals surface area contributed by atoms with Gasteiger partial charge in [-0.05, 0) is 30.7 Å². The number of nitrogens with zero attached hydrogens (tertiary/aromatic N) is 2. The second-order valence-electron chi connectivity index (χ2n) is 7.05. The lowest BCUT2D eigenvalue weighted by Crippen LogP contribution is -2.16. The predicted octanol–water partition coefficient (Wildman–Crippen LogP) is 4.41. The lowest BCUT2D eigenvalue weighted by Gasteiger charge is -2.09. The third kappa shape index (κ3) is 3.94. The van der Waals surface area contributed by atoms with Crippen molar-refractivity contribution in [1.82, 2.24) is 20.2 Å². The zero-order valence-electron chi connectivity index (χ0n) is 16.8. The van der Waals surface area contributed by atoms with E-state index >= 15 is 0 Å². The molecular weight excluding hydrogens is 412 g/mol. The highest BCUT2D eigenvalue weighted by atomic mass is 32.2. The monoisotopic (exact) mass is 432 g/mol. The molecule has 0 aliphatic carbocycles. The van der Waals surface area contributed by atoms with Gasteiger partial charge in [-0.3, -0.25) is 9.89 Å². The van der Waals surface area contributed by atoms with Crippen molar-refractivity contribution in [2.24, 2.45) is 0 Å². The van der Waals surface area contributed by atoms with E-state index in [2.05, 4.69) is 15.2 Å². The van der Waals surface area contributed by atoms with Crippen molar-refractivity contribution in [3.05, 3.63) is 76.2 Å². The molecule has 7 nitrogen and oxygen atoms in total. The van der Waals surface area contributed by atoms with Crippen LogP contribution in [0.4, 0.5) is 0 Å². The number of H-pyrrole nitrogens is 2. The van der Waals surface area contributed by atoms with Crippen LogP contribution in [-0.2, 0) is 12.2 Å². The second-order valence-corrected chi connectivity index (χ2v) is 8.02. The van der Waals surface area contributed by atoms with Crippen molar-refractivity contribution >= 4 is 11.8 Å². The van der Waals surface area contributed by atoms with Crippen LogP contribution in [0.25, 0.3) is 22.5 Å². The molecule has 0 fully saturated rings. The molecule has 0 spiro atoms. The van der Waals surface area contributed by atoms with E-state index in [9.17, 15) is 4.79 Å². The topological polar surface area (TPSA) is 92.9 Å². The van der Waals surface area contributed by atoms with Gasteiger partial charge in [0.05, 0.1) is 11.4 Å². The Balaban J connectivity index is 1.40. The summed E-state index contributed by atoms with van der Waals surface area (Å²) in [6.45, 7) is 2.16. The third-order valence-corrected chi connectivity index (χ3v) is 5.98. The Hall–Kier alpha value is -3.52. The summed E-state index contributed by atoms with van der Waals surface area (Å²) in [6.07, 6.45) is 0.581. The molecule has 8 heteroatoms. The Kier molecular flexibility index (Phi) is 5.21. The van der Waals surface area contributed by atoms with Crippen molar-refractivity contribution in [2.45, 2.75) is 24.3 Å². The maximum Gasteiger partial charge on any atom is 0.255 e. The van der Waals surface area contributed by atoms with Gasteiger partial charge < -0.3 is 14.5 Å². The quantitative estimate of drug-likeness (QED) is 0.346. The van der Waals surface area contributed by atoms with Gasteiger partial charge in [0, 0.05) is 28.1 Å². The Bertz CT molecular complexity index is 1280. The van der Waals surface area contributed by atoms with Crippen molar-refractivity contribution in [2.75, 3.05) is 6.79 Å². The number of rotatable bonds is 6. The largest absolute Gasteiger partial charge is 0.454 e. The van der Waals surface area contributed by atoms with Crippen LogP contribution >= 0.6 is 11.8 Å². The first-order valence-electron chi connectivity index (χ1n) is 9.97. The van der Waals surface area contributed by atoms with Crippen LogP contribution in [0, 0.1) is 0 Å². The van der Waals surface area contributed by atoms with Gasteiger partial charge in [-0.15, -0.1) is 0 Å². The van der Waals surface area contributed by atoms with Crippen LogP contribution in [0.2, 0.25) is 0 Å². The smallest absolute Gasteiger partial charge is 0.255 e. The first kappa shape index (κ1) is 19.4. The highest BCUT2D eigenvalue weighted by Crippen LogP contribution is 2.36. The van der Waals surface area contributed by atoms with E-state index in [1.807, 2.05) is 61.5 Å². The summed E-state index contributed by atoms with van der Waals surface area (Å²) in [7, 11) is 0. The third-order valence-electron chi connectivity index (χ3n) is 5.06. The van der Waals surface area contributed by atoms with Gasteiger partial charge in [0.1, 0.15) is 0 Å². The summed E-state index contributed by atoms with van der Waals surface area (Å²) in [5.41, 5.74) is 4.93. The number of ether oxygens (including phenoxy) is 2. The Morgan fingerprint density at radius 3 is 2.71 bits per heavy atom. The number of benzene rings is 2. The summed E-state index contributed by atoms with van der Waals surface area (Å²) in [6, 6.07) is 17.6. The Morgan fingerprint density at radius 2 is 1.87 bits per heavy atom. The molecule has 1 aliphatic heterocycles. The summed E-state index contributed by atoms with van der Waals surface area (Å²) < 4.78 is 10.9. The van der Waals surface area contributed by atoms with E-state index in [-0.39, 0.29) is 12.4 Å². The first-order valence-corrected chi connectivity index (χ1v) is 11.0. The van der Waals surface area contributed by atoms with E-state index in [1.54, 1.807) is 0 Å². The average molecular weight is 433 g/mol. The van der Waals surface area contributed by atoms with E-state index in [0.29, 0.717) is 40.1 Å². The van der Waals surface area contributed by atoms with Crippen LogP contribution in [0.1, 0.15) is 18.2 Å². The molecule has 5 rings (SSSR count). The van der Waals surface area contributed by atoms with Crippen LogP contribution in [0.15, 0.2) is 64.5 Å². The van der Waals surface area contributed by atoms with Crippen LogP contribution in [-0.4, -0.2) is 27.0 Å². The highest BCUT2D eigenvalue weighted by Gasteiger charge is 2.18. The molecule has 156 valence electrons. The summed E-state index contributed by atoms with van der Waals surface area (Å²) in [4.78, 5) is 20.4. The standard InChI is InChI=1S/C23H20N4O3S/c1-2-17-21(15-8-9-19-20(10-15)30-13-29-19)24-23(25-22(17)28)31-12-16-11-18(27-26-16)14-6-4-3-5-7-14/h3-11H,2,12-13H2,1H3,(H,26,27)(H,24,25,28). The fourth-order valence-corrected chi connectivity index (χ4v) is 4.26. The minimum absolute atomic E-state index is 0.123. The van der Waals surface area contributed by atoms with E-state index in [1.165, 1.54) is 11.8 Å². The fourth-order valence-electron chi connectivity index (χ4n) is 3.49. The predicted molar refractivity (Wildman–Crippen MR) is 119 cm³/mol. The number of nitrogens with one attached hydrogen (secondary N) is 2. The lowest BCUT2D eigenvalue weighted by molar-refractivity contribution is 0.174. The molecule has 2 aromatic carbocycles. The molecule has 31 heavy (non-hydrogen) atoms. The molecule has 0 bridgehead atoms. The molecule has 0 amide bonds. The number of hydrogen-bond acceptors (Lipinski definition) is 6. The Labute approximate surface area is 182 Å². The number of aromatic amines is 2. The maximum atomic E-state index is 12.7. The molecule has 0 radical (unpaired) electrons. The average Bonchev–Trinajstić information content (AvgIpc) is 3.47. The van der Waals surface area contributed by atoms with Gasteiger partial charge in [0.25, 0.3) is 5.56 Å².